The Hall–Kier alpha value is -2.22. The van der Waals surface area contributed by atoms with Gasteiger partial charge in [-0.1, -0.05) is 30.3 Å². The van der Waals surface area contributed by atoms with Gasteiger partial charge in [-0.05, 0) is 48.0 Å². The number of benzene rings is 3. The monoisotopic (exact) mass is 653 g/mol. The van der Waals surface area contributed by atoms with Gasteiger partial charge in [0.2, 0.25) is 6.29 Å². The van der Waals surface area contributed by atoms with Crippen LogP contribution in [0.1, 0.15) is 40.0 Å². The summed E-state index contributed by atoms with van der Waals surface area (Å²) in [5.41, 5.74) is -1.35. The van der Waals surface area contributed by atoms with E-state index in [4.69, 9.17) is 9.47 Å². The number of hydrogen-bond donors (Lipinski definition) is 0. The van der Waals surface area contributed by atoms with E-state index in [9.17, 15) is 30.7 Å². The largest absolute Gasteiger partial charge is 1.00 e. The van der Waals surface area contributed by atoms with Gasteiger partial charge >= 0.3 is 12.4 Å². The number of quaternary nitrogens is 1. The molecule has 2 fully saturated rings. The summed E-state index contributed by atoms with van der Waals surface area (Å²) in [7, 11) is 0. The molecule has 38 heavy (non-hydrogen) atoms. The fourth-order valence-electron chi connectivity index (χ4n) is 5.36. The predicted octanol–water partition coefficient (Wildman–Crippen LogP) is 4.05. The first-order valence-corrected chi connectivity index (χ1v) is 11.7. The van der Waals surface area contributed by atoms with E-state index >= 15 is 0 Å². The molecule has 0 aliphatic carbocycles. The summed E-state index contributed by atoms with van der Waals surface area (Å²) in [6, 6.07) is 16.3. The van der Waals surface area contributed by atoms with Crippen molar-refractivity contribution in [1.82, 2.24) is 0 Å². The van der Waals surface area contributed by atoms with Crippen molar-refractivity contribution in [1.29, 1.82) is 0 Å². The molecule has 0 radical (unpaired) electrons. The van der Waals surface area contributed by atoms with E-state index in [0.717, 1.165) is 5.56 Å². The van der Waals surface area contributed by atoms with Crippen molar-refractivity contribution >= 4 is 0 Å². The highest BCUT2D eigenvalue weighted by atomic mass is 127. The van der Waals surface area contributed by atoms with Gasteiger partial charge in [0.25, 0.3) is 0 Å². The molecule has 0 N–H and O–H groups in total. The van der Waals surface area contributed by atoms with Crippen molar-refractivity contribution in [3.05, 3.63) is 106 Å². The number of morpholine rings is 2. The van der Waals surface area contributed by atoms with Crippen LogP contribution in [-0.2, 0) is 28.4 Å². The molecule has 0 spiro atoms. The Kier molecular flexibility index (Phi) is 8.14. The molecule has 2 heterocycles. The summed E-state index contributed by atoms with van der Waals surface area (Å²) >= 11 is 0. The van der Waals surface area contributed by atoms with Gasteiger partial charge in [0.05, 0.1) is 17.7 Å². The Morgan fingerprint density at radius 2 is 1.39 bits per heavy atom. The van der Waals surface area contributed by atoms with Crippen LogP contribution in [0.25, 0.3) is 0 Å². The highest BCUT2D eigenvalue weighted by Gasteiger charge is 2.54. The van der Waals surface area contributed by atoms with E-state index in [-0.39, 0.29) is 53.2 Å². The molecule has 3 nitrogen and oxygen atoms in total. The van der Waals surface area contributed by atoms with Crippen molar-refractivity contribution < 1.29 is 68.7 Å². The molecule has 2 aliphatic rings. The van der Waals surface area contributed by atoms with Gasteiger partial charge in [0, 0.05) is 11.1 Å². The second-order valence-electron chi connectivity index (χ2n) is 9.47. The fraction of sp³-hybridized carbons (Fsp3) is 0.333. The van der Waals surface area contributed by atoms with E-state index in [1.165, 1.54) is 12.1 Å². The Balaban J connectivity index is 0.00000336. The number of rotatable bonds is 4. The van der Waals surface area contributed by atoms with Gasteiger partial charge in [-0.2, -0.15) is 26.3 Å². The summed E-state index contributed by atoms with van der Waals surface area (Å²) in [6.07, 6.45) is -12.0. The maximum Gasteiger partial charge on any atom is 0.416 e. The lowest BCUT2D eigenvalue weighted by Gasteiger charge is -2.55. The minimum absolute atomic E-state index is 0. The van der Waals surface area contributed by atoms with E-state index in [0.29, 0.717) is 30.8 Å². The quantitative estimate of drug-likeness (QED) is 0.241. The van der Waals surface area contributed by atoms with Crippen molar-refractivity contribution in [2.24, 2.45) is 0 Å². The SMILES string of the molecule is Fc1ccc([C@H]2[C@@H]3OCC[N+]2(Cc2ccccc2)C[C@H](c2cc(C(F)(F)F)cc(C(F)(F)F)c2)O3)cc1.[I-]. The van der Waals surface area contributed by atoms with Crippen molar-refractivity contribution in [2.75, 3.05) is 19.7 Å². The lowest BCUT2D eigenvalue weighted by molar-refractivity contribution is -0.997. The maximum atomic E-state index is 13.7. The molecule has 0 saturated carbocycles. The smallest absolute Gasteiger partial charge is 0.416 e. The van der Waals surface area contributed by atoms with E-state index in [1.54, 1.807) is 12.1 Å². The van der Waals surface area contributed by atoms with Crippen LogP contribution in [0.3, 0.4) is 0 Å². The van der Waals surface area contributed by atoms with E-state index < -0.39 is 47.7 Å². The highest BCUT2D eigenvalue weighted by molar-refractivity contribution is 5.35. The molecular formula is C27H23F7INO2. The Labute approximate surface area is 231 Å². The third-order valence-corrected chi connectivity index (χ3v) is 7.03. The number of nitrogens with zero attached hydrogens (tertiary/aromatic N) is 1. The zero-order valence-electron chi connectivity index (χ0n) is 19.8. The summed E-state index contributed by atoms with van der Waals surface area (Å²) in [5, 5.41) is 0. The number of ether oxygens (including phenoxy) is 2. The van der Waals surface area contributed by atoms with Crippen LogP contribution >= 0.6 is 0 Å². The second-order valence-corrected chi connectivity index (χ2v) is 9.47. The van der Waals surface area contributed by atoms with Crippen molar-refractivity contribution in [3.63, 3.8) is 0 Å². The van der Waals surface area contributed by atoms with Gasteiger partial charge in [-0.15, -0.1) is 0 Å². The normalized spacial score (nSPS) is 25.5. The molecule has 11 heteroatoms. The van der Waals surface area contributed by atoms with Gasteiger partial charge < -0.3 is 37.9 Å². The lowest BCUT2D eigenvalue weighted by Crippen LogP contribution is -3.00. The van der Waals surface area contributed by atoms with Crippen LogP contribution in [0.4, 0.5) is 30.7 Å². The third-order valence-electron chi connectivity index (χ3n) is 7.03. The zero-order valence-corrected chi connectivity index (χ0v) is 21.9. The summed E-state index contributed by atoms with van der Waals surface area (Å²) in [4.78, 5) is 0. The lowest BCUT2D eigenvalue weighted by atomic mass is 9.92. The molecule has 1 unspecified atom stereocenters. The zero-order chi connectivity index (χ0) is 26.4. The summed E-state index contributed by atoms with van der Waals surface area (Å²) in [6.45, 7) is 1.28. The van der Waals surface area contributed by atoms with Crippen LogP contribution in [0.2, 0.25) is 0 Å². The number of halogens is 8. The van der Waals surface area contributed by atoms with Crippen molar-refractivity contribution in [3.8, 4) is 0 Å². The van der Waals surface area contributed by atoms with Crippen molar-refractivity contribution in [2.45, 2.75) is 37.3 Å². The molecular weight excluding hydrogens is 630 g/mol. The second kappa shape index (κ2) is 10.7. The van der Waals surface area contributed by atoms with Gasteiger partial charge in [-0.3, -0.25) is 0 Å². The van der Waals surface area contributed by atoms with Gasteiger partial charge in [0.1, 0.15) is 31.6 Å². The van der Waals surface area contributed by atoms with E-state index in [1.807, 2.05) is 30.3 Å². The Morgan fingerprint density at radius 3 is 1.97 bits per heavy atom. The molecule has 4 atom stereocenters. The molecule has 204 valence electrons. The Bertz CT molecular complexity index is 1220. The molecule has 0 amide bonds. The standard InChI is InChI=1S/C27H23F7NO2.HI/c28-22-8-6-18(7-9-22)24-25-36-11-10-35(24,15-17-4-2-1-3-5-17)16-23(37-25)19-12-20(26(29,30)31)14-21(13-19)27(32,33)34;/h1-9,12-14,23-25H,10-11,15-16H2;1H/q+1;/p-1/t23-,24+,25-,35?;/m1./s1. The number of hydrogen-bond acceptors (Lipinski definition) is 2. The minimum atomic E-state index is -4.97. The minimum Gasteiger partial charge on any atom is -1.00 e. The van der Waals surface area contributed by atoms with Gasteiger partial charge in [0.15, 0.2) is 6.04 Å². The first-order valence-electron chi connectivity index (χ1n) is 11.7. The summed E-state index contributed by atoms with van der Waals surface area (Å²) < 4.78 is 107. The van der Waals surface area contributed by atoms with Crippen LogP contribution in [-0.4, -0.2) is 30.5 Å². The molecule has 2 saturated heterocycles. The molecule has 2 aliphatic heterocycles. The van der Waals surface area contributed by atoms with Crippen LogP contribution in [0, 0.1) is 5.82 Å². The molecule has 0 aromatic heterocycles. The molecule has 2 bridgehead atoms. The predicted molar refractivity (Wildman–Crippen MR) is 119 cm³/mol. The van der Waals surface area contributed by atoms with Crippen LogP contribution < -0.4 is 24.0 Å². The first-order chi connectivity index (χ1) is 17.4. The van der Waals surface area contributed by atoms with Crippen LogP contribution in [0.5, 0.6) is 0 Å². The maximum absolute atomic E-state index is 13.7. The van der Waals surface area contributed by atoms with Gasteiger partial charge in [-0.25, -0.2) is 4.39 Å². The van der Waals surface area contributed by atoms with E-state index in [2.05, 4.69) is 0 Å². The fourth-order valence-corrected chi connectivity index (χ4v) is 5.36. The topological polar surface area (TPSA) is 18.5 Å². The third kappa shape index (κ3) is 5.85. The molecule has 3 aromatic rings. The first kappa shape index (κ1) is 28.8. The average molecular weight is 653 g/mol. The van der Waals surface area contributed by atoms with Crippen LogP contribution in [0.15, 0.2) is 72.8 Å². The molecule has 3 aromatic carbocycles. The number of fused-ring (bicyclic) bond motifs is 2. The average Bonchev–Trinajstić information content (AvgIpc) is 2.83. The molecule has 5 rings (SSSR count). The summed E-state index contributed by atoms with van der Waals surface area (Å²) in [5.74, 6) is -0.433. The Morgan fingerprint density at radius 1 is 0.789 bits per heavy atom. The number of alkyl halides is 6. The highest BCUT2D eigenvalue weighted by Crippen LogP contribution is 2.48.